The number of hydrogen-bond donors (Lipinski definition) is 2. The molecule has 30 heavy (non-hydrogen) atoms. The van der Waals surface area contributed by atoms with Crippen molar-refractivity contribution in [2.24, 2.45) is 0 Å². The number of nitrogens with zero attached hydrogens (tertiary/aromatic N) is 4. The van der Waals surface area contributed by atoms with Gasteiger partial charge in [0.1, 0.15) is 11.5 Å². The highest BCUT2D eigenvalue weighted by Gasteiger charge is 2.23. The number of benzene rings is 1. The lowest BCUT2D eigenvalue weighted by molar-refractivity contribution is 0.0939. The fourth-order valence-corrected chi connectivity index (χ4v) is 3.83. The molecule has 0 aliphatic carbocycles. The summed E-state index contributed by atoms with van der Waals surface area (Å²) >= 11 is 6.07. The van der Waals surface area contributed by atoms with Crippen LogP contribution in [0.4, 0.5) is 0 Å². The molecule has 9 heteroatoms. The highest BCUT2D eigenvalue weighted by atomic mass is 35.5. The molecule has 0 spiro atoms. The van der Waals surface area contributed by atoms with E-state index in [1.54, 1.807) is 10.9 Å². The number of aliphatic hydroxyl groups excluding tert-OH is 1. The molecule has 0 saturated carbocycles. The predicted octanol–water partition coefficient (Wildman–Crippen LogP) is 2.75. The maximum Gasteiger partial charge on any atom is 0.273 e. The first-order valence-electron chi connectivity index (χ1n) is 10.0. The summed E-state index contributed by atoms with van der Waals surface area (Å²) in [6, 6.07) is 11.8. The zero-order chi connectivity index (χ0) is 20.9. The van der Waals surface area contributed by atoms with E-state index in [2.05, 4.69) is 20.5 Å². The Morgan fingerprint density at radius 2 is 2.10 bits per heavy atom. The molecule has 0 bridgehead atoms. The Morgan fingerprint density at radius 1 is 1.27 bits per heavy atom. The molecule has 0 unspecified atom stereocenters. The van der Waals surface area contributed by atoms with Crippen molar-refractivity contribution in [3.63, 3.8) is 0 Å². The summed E-state index contributed by atoms with van der Waals surface area (Å²) in [5.41, 5.74) is 1.24. The number of amides is 1. The van der Waals surface area contributed by atoms with Crippen LogP contribution in [0.25, 0.3) is 11.3 Å². The standard InChI is InChI=1S/C21H24ClN5O3/c22-16-3-1-2-15(12-16)20-5-4-18(30-20)13-26-9-6-17(7-10-26)27-14-19(24-25-27)21(29)23-8-11-28/h1-5,12,14,17,28H,6-11,13H2,(H,23,29). The van der Waals surface area contributed by atoms with Gasteiger partial charge in [0.25, 0.3) is 5.91 Å². The van der Waals surface area contributed by atoms with Gasteiger partial charge >= 0.3 is 0 Å². The zero-order valence-corrected chi connectivity index (χ0v) is 17.3. The third-order valence-electron chi connectivity index (χ3n) is 5.22. The van der Waals surface area contributed by atoms with E-state index in [-0.39, 0.29) is 30.8 Å². The molecule has 2 N–H and O–H groups in total. The van der Waals surface area contributed by atoms with Crippen LogP contribution < -0.4 is 5.32 Å². The smallest absolute Gasteiger partial charge is 0.273 e. The molecule has 0 atom stereocenters. The van der Waals surface area contributed by atoms with Gasteiger partial charge in [-0.2, -0.15) is 0 Å². The van der Waals surface area contributed by atoms with Crippen LogP contribution in [0.5, 0.6) is 0 Å². The van der Waals surface area contributed by atoms with Crippen molar-refractivity contribution < 1.29 is 14.3 Å². The third-order valence-corrected chi connectivity index (χ3v) is 5.46. The van der Waals surface area contributed by atoms with Gasteiger partial charge < -0.3 is 14.8 Å². The van der Waals surface area contributed by atoms with Crippen LogP contribution in [0.1, 0.15) is 35.1 Å². The van der Waals surface area contributed by atoms with Gasteiger partial charge in [-0.05, 0) is 37.1 Å². The Kier molecular flexibility index (Phi) is 6.47. The molecule has 3 aromatic rings. The average molecular weight is 430 g/mol. The molecule has 3 heterocycles. The van der Waals surface area contributed by atoms with E-state index in [1.165, 1.54) is 0 Å². The van der Waals surface area contributed by atoms with Gasteiger partial charge in [-0.3, -0.25) is 9.69 Å². The number of piperidine rings is 1. The van der Waals surface area contributed by atoms with E-state index >= 15 is 0 Å². The molecule has 1 amide bonds. The lowest BCUT2D eigenvalue weighted by atomic mass is 10.1. The van der Waals surface area contributed by atoms with Crippen LogP contribution in [0, 0.1) is 0 Å². The molecular formula is C21H24ClN5O3. The van der Waals surface area contributed by atoms with Crippen molar-refractivity contribution in [3.8, 4) is 11.3 Å². The highest BCUT2D eigenvalue weighted by Crippen LogP contribution is 2.27. The number of aliphatic hydroxyl groups is 1. The van der Waals surface area contributed by atoms with Crippen molar-refractivity contribution in [1.29, 1.82) is 0 Å². The van der Waals surface area contributed by atoms with Crippen LogP contribution in [-0.2, 0) is 6.54 Å². The first-order chi connectivity index (χ1) is 14.6. The molecular weight excluding hydrogens is 406 g/mol. The third kappa shape index (κ3) is 4.89. The Hall–Kier alpha value is -2.68. The number of furan rings is 1. The van der Waals surface area contributed by atoms with Gasteiger partial charge in [0.05, 0.1) is 25.4 Å². The van der Waals surface area contributed by atoms with Gasteiger partial charge in [0, 0.05) is 30.2 Å². The summed E-state index contributed by atoms with van der Waals surface area (Å²) in [6.07, 6.45) is 3.52. The second-order valence-corrected chi connectivity index (χ2v) is 7.78. The summed E-state index contributed by atoms with van der Waals surface area (Å²) in [5.74, 6) is 1.42. The summed E-state index contributed by atoms with van der Waals surface area (Å²) in [6.45, 7) is 2.66. The summed E-state index contributed by atoms with van der Waals surface area (Å²) in [4.78, 5) is 14.3. The molecule has 1 aromatic carbocycles. The first kappa shape index (κ1) is 20.6. The van der Waals surface area contributed by atoms with Crippen molar-refractivity contribution in [2.75, 3.05) is 26.2 Å². The maximum absolute atomic E-state index is 11.9. The van der Waals surface area contributed by atoms with E-state index < -0.39 is 0 Å². The lowest BCUT2D eigenvalue weighted by Gasteiger charge is -2.31. The predicted molar refractivity (Wildman–Crippen MR) is 112 cm³/mol. The number of hydrogen-bond acceptors (Lipinski definition) is 6. The number of halogens is 1. The van der Waals surface area contributed by atoms with E-state index in [0.29, 0.717) is 5.02 Å². The van der Waals surface area contributed by atoms with Crippen LogP contribution in [0.3, 0.4) is 0 Å². The second kappa shape index (κ2) is 9.42. The fraction of sp³-hybridized carbons (Fsp3) is 0.381. The zero-order valence-electron chi connectivity index (χ0n) is 16.5. The van der Waals surface area contributed by atoms with E-state index in [0.717, 1.165) is 49.6 Å². The molecule has 4 rings (SSSR count). The molecule has 0 radical (unpaired) electrons. The van der Waals surface area contributed by atoms with E-state index in [1.807, 2.05) is 36.4 Å². The van der Waals surface area contributed by atoms with Crippen molar-refractivity contribution in [2.45, 2.75) is 25.4 Å². The molecule has 8 nitrogen and oxygen atoms in total. The van der Waals surface area contributed by atoms with Crippen molar-refractivity contribution >= 4 is 17.5 Å². The summed E-state index contributed by atoms with van der Waals surface area (Å²) < 4.78 is 7.78. The maximum atomic E-state index is 11.9. The van der Waals surface area contributed by atoms with Crippen molar-refractivity contribution in [3.05, 3.63) is 59.1 Å². The first-order valence-corrected chi connectivity index (χ1v) is 10.4. The number of carbonyl (C=O) groups is 1. The Balaban J connectivity index is 1.30. The van der Waals surface area contributed by atoms with Gasteiger partial charge in [0.2, 0.25) is 0 Å². The topological polar surface area (TPSA) is 96.4 Å². The number of nitrogens with one attached hydrogen (secondary N) is 1. The van der Waals surface area contributed by atoms with E-state index in [9.17, 15) is 4.79 Å². The minimum absolute atomic E-state index is 0.103. The number of rotatable bonds is 7. The van der Waals surface area contributed by atoms with Gasteiger partial charge in [-0.25, -0.2) is 4.68 Å². The van der Waals surface area contributed by atoms with E-state index in [4.69, 9.17) is 21.1 Å². The fourth-order valence-electron chi connectivity index (χ4n) is 3.64. The van der Waals surface area contributed by atoms with Gasteiger partial charge in [-0.15, -0.1) is 5.10 Å². The molecule has 1 fully saturated rings. The molecule has 2 aromatic heterocycles. The number of carbonyl (C=O) groups excluding carboxylic acids is 1. The minimum Gasteiger partial charge on any atom is -0.460 e. The Morgan fingerprint density at radius 3 is 2.87 bits per heavy atom. The molecule has 1 aliphatic heterocycles. The van der Waals surface area contributed by atoms with Crippen LogP contribution >= 0.6 is 11.6 Å². The lowest BCUT2D eigenvalue weighted by Crippen LogP contribution is -2.34. The van der Waals surface area contributed by atoms with Gasteiger partial charge in [0.15, 0.2) is 5.69 Å². The van der Waals surface area contributed by atoms with Crippen LogP contribution in [0.15, 0.2) is 47.0 Å². The van der Waals surface area contributed by atoms with Crippen LogP contribution in [-0.4, -0.2) is 57.1 Å². The number of aromatic nitrogens is 3. The quantitative estimate of drug-likeness (QED) is 0.599. The average Bonchev–Trinajstić information content (AvgIpc) is 3.43. The molecule has 1 aliphatic rings. The minimum atomic E-state index is -0.318. The van der Waals surface area contributed by atoms with Crippen molar-refractivity contribution in [1.82, 2.24) is 25.2 Å². The normalized spacial score (nSPS) is 15.4. The second-order valence-electron chi connectivity index (χ2n) is 7.35. The summed E-state index contributed by atoms with van der Waals surface area (Å²) in [7, 11) is 0. The molecule has 158 valence electrons. The Bertz CT molecular complexity index is 994. The monoisotopic (exact) mass is 429 g/mol. The highest BCUT2D eigenvalue weighted by molar-refractivity contribution is 6.30. The summed E-state index contributed by atoms with van der Waals surface area (Å²) in [5, 5.41) is 20.1. The number of likely N-dealkylation sites (tertiary alicyclic amines) is 1. The largest absolute Gasteiger partial charge is 0.460 e. The van der Waals surface area contributed by atoms with Crippen LogP contribution in [0.2, 0.25) is 5.02 Å². The Labute approximate surface area is 179 Å². The molecule has 1 saturated heterocycles. The van der Waals surface area contributed by atoms with Gasteiger partial charge in [-0.1, -0.05) is 28.9 Å². The SMILES string of the molecule is O=C(NCCO)c1cn(C2CCN(Cc3ccc(-c4cccc(Cl)c4)o3)CC2)nn1.